The van der Waals surface area contributed by atoms with Gasteiger partial charge in [-0.1, -0.05) is 48.9 Å². The predicted octanol–water partition coefficient (Wildman–Crippen LogP) is 3.39. The van der Waals surface area contributed by atoms with Gasteiger partial charge in [-0.15, -0.1) is 0 Å². The molecule has 2 aromatic rings. The Hall–Kier alpha value is -2.33. The lowest BCUT2D eigenvalue weighted by Crippen LogP contribution is -2.39. The number of carbonyl (C=O) groups excluding carboxylic acids is 2. The van der Waals surface area contributed by atoms with Crippen molar-refractivity contribution in [1.82, 2.24) is 10.2 Å². The van der Waals surface area contributed by atoms with E-state index >= 15 is 0 Å². The monoisotopic (exact) mass is 342 g/mol. The number of likely N-dealkylation sites (N-methyl/N-ethyl adjacent to an activating group) is 1. The van der Waals surface area contributed by atoms with Crippen molar-refractivity contribution in [3.63, 3.8) is 0 Å². The summed E-state index contributed by atoms with van der Waals surface area (Å²) >= 11 is 5.94. The number of nitrogens with one attached hydrogen (secondary N) is 1. The van der Waals surface area contributed by atoms with Gasteiger partial charge in [0, 0.05) is 24.2 Å². The number of nitrogens with zero attached hydrogens (tertiary/aromatic N) is 1. The Labute approximate surface area is 146 Å². The van der Waals surface area contributed by atoms with Crippen LogP contribution in [0.25, 0.3) is 0 Å². The van der Waals surface area contributed by atoms with Gasteiger partial charge in [0.2, 0.25) is 5.91 Å². The highest BCUT2D eigenvalue weighted by Gasteiger charge is 2.40. The first kappa shape index (κ1) is 16.5. The standard InChI is InChI=1S/C19H19ClN2O2/c1-12(13-7-9-14(20)10-8-13)11-22-17(18(23)21-2)15-5-3-4-6-16(15)19(22)24/h3-10,12,17H,11H2,1-2H3,(H,21,23). The molecular formula is C19H19ClN2O2. The molecule has 5 heteroatoms. The summed E-state index contributed by atoms with van der Waals surface area (Å²) in [5.41, 5.74) is 2.46. The van der Waals surface area contributed by atoms with Crippen LogP contribution in [0.4, 0.5) is 0 Å². The minimum atomic E-state index is -0.576. The highest BCUT2D eigenvalue weighted by molar-refractivity contribution is 6.30. The van der Waals surface area contributed by atoms with Crippen molar-refractivity contribution in [1.29, 1.82) is 0 Å². The van der Waals surface area contributed by atoms with E-state index in [-0.39, 0.29) is 17.7 Å². The number of fused-ring (bicyclic) bond motifs is 1. The Morgan fingerprint density at radius 3 is 2.54 bits per heavy atom. The maximum atomic E-state index is 12.8. The molecular weight excluding hydrogens is 324 g/mol. The van der Waals surface area contributed by atoms with E-state index in [2.05, 4.69) is 5.32 Å². The minimum absolute atomic E-state index is 0.0904. The molecule has 1 heterocycles. The van der Waals surface area contributed by atoms with Gasteiger partial charge in [0.25, 0.3) is 5.91 Å². The average molecular weight is 343 g/mol. The van der Waals surface area contributed by atoms with Crippen molar-refractivity contribution in [2.75, 3.05) is 13.6 Å². The second-order valence-electron chi connectivity index (χ2n) is 6.01. The maximum Gasteiger partial charge on any atom is 0.255 e. The Bertz CT molecular complexity index is 773. The van der Waals surface area contributed by atoms with Gasteiger partial charge in [-0.25, -0.2) is 0 Å². The molecule has 3 rings (SSSR count). The summed E-state index contributed by atoms with van der Waals surface area (Å²) in [5, 5.41) is 3.35. The zero-order valence-electron chi connectivity index (χ0n) is 13.6. The van der Waals surface area contributed by atoms with Gasteiger partial charge in [0.1, 0.15) is 6.04 Å². The summed E-state index contributed by atoms with van der Waals surface area (Å²) in [7, 11) is 1.59. The Balaban J connectivity index is 1.90. The fourth-order valence-corrected chi connectivity index (χ4v) is 3.30. The van der Waals surface area contributed by atoms with Gasteiger partial charge < -0.3 is 10.2 Å². The maximum absolute atomic E-state index is 12.8. The van der Waals surface area contributed by atoms with Crippen molar-refractivity contribution in [3.05, 3.63) is 70.2 Å². The molecule has 24 heavy (non-hydrogen) atoms. The predicted molar refractivity (Wildman–Crippen MR) is 94.2 cm³/mol. The molecule has 4 nitrogen and oxygen atoms in total. The van der Waals surface area contributed by atoms with Gasteiger partial charge in [-0.3, -0.25) is 9.59 Å². The van der Waals surface area contributed by atoms with E-state index in [1.54, 1.807) is 18.0 Å². The molecule has 1 aliphatic heterocycles. The molecule has 0 spiro atoms. The van der Waals surface area contributed by atoms with Crippen LogP contribution in [0.2, 0.25) is 5.02 Å². The lowest BCUT2D eigenvalue weighted by molar-refractivity contribution is -0.125. The molecule has 0 radical (unpaired) electrons. The Kier molecular flexibility index (Phi) is 4.58. The van der Waals surface area contributed by atoms with E-state index in [9.17, 15) is 9.59 Å². The molecule has 1 N–H and O–H groups in total. The van der Waals surface area contributed by atoms with E-state index in [0.717, 1.165) is 11.1 Å². The number of amides is 2. The molecule has 2 atom stereocenters. The zero-order chi connectivity index (χ0) is 17.3. The number of carbonyl (C=O) groups is 2. The van der Waals surface area contributed by atoms with Crippen LogP contribution in [-0.2, 0) is 4.79 Å². The molecule has 2 aromatic carbocycles. The number of hydrogen-bond acceptors (Lipinski definition) is 2. The molecule has 0 bridgehead atoms. The van der Waals surface area contributed by atoms with Crippen LogP contribution in [0.5, 0.6) is 0 Å². The molecule has 1 aliphatic rings. The largest absolute Gasteiger partial charge is 0.357 e. The summed E-state index contributed by atoms with van der Waals surface area (Å²) in [6.45, 7) is 2.51. The van der Waals surface area contributed by atoms with Gasteiger partial charge in [0.15, 0.2) is 0 Å². The van der Waals surface area contributed by atoms with E-state index < -0.39 is 6.04 Å². The summed E-state index contributed by atoms with van der Waals surface area (Å²) < 4.78 is 0. The van der Waals surface area contributed by atoms with Crippen molar-refractivity contribution in [2.45, 2.75) is 18.9 Å². The fourth-order valence-electron chi connectivity index (χ4n) is 3.17. The van der Waals surface area contributed by atoms with Gasteiger partial charge in [-0.05, 0) is 35.2 Å². The number of rotatable bonds is 4. The van der Waals surface area contributed by atoms with Crippen LogP contribution in [0.3, 0.4) is 0 Å². The van der Waals surface area contributed by atoms with Crippen LogP contribution in [0.1, 0.15) is 40.4 Å². The van der Waals surface area contributed by atoms with E-state index in [1.165, 1.54) is 0 Å². The Morgan fingerprint density at radius 2 is 1.88 bits per heavy atom. The van der Waals surface area contributed by atoms with Crippen molar-refractivity contribution < 1.29 is 9.59 Å². The topological polar surface area (TPSA) is 49.4 Å². The van der Waals surface area contributed by atoms with Gasteiger partial charge in [-0.2, -0.15) is 0 Å². The summed E-state index contributed by atoms with van der Waals surface area (Å²) in [6.07, 6.45) is 0. The lowest BCUT2D eigenvalue weighted by atomic mass is 9.99. The molecule has 0 aromatic heterocycles. The molecule has 2 unspecified atom stereocenters. The number of hydrogen-bond donors (Lipinski definition) is 1. The zero-order valence-corrected chi connectivity index (χ0v) is 14.4. The first-order chi connectivity index (χ1) is 11.5. The van der Waals surface area contributed by atoms with Crippen LogP contribution < -0.4 is 5.32 Å². The number of benzene rings is 2. The average Bonchev–Trinajstić information content (AvgIpc) is 2.87. The fraction of sp³-hybridized carbons (Fsp3) is 0.263. The molecule has 0 saturated heterocycles. The minimum Gasteiger partial charge on any atom is -0.357 e. The summed E-state index contributed by atoms with van der Waals surface area (Å²) in [6, 6.07) is 14.3. The highest BCUT2D eigenvalue weighted by Crippen LogP contribution is 2.35. The molecule has 0 aliphatic carbocycles. The van der Waals surface area contributed by atoms with E-state index in [1.807, 2.05) is 49.4 Å². The van der Waals surface area contributed by atoms with Crippen LogP contribution in [0, 0.1) is 0 Å². The van der Waals surface area contributed by atoms with Crippen molar-refractivity contribution >= 4 is 23.4 Å². The van der Waals surface area contributed by atoms with E-state index in [4.69, 9.17) is 11.6 Å². The third-order valence-electron chi connectivity index (χ3n) is 4.46. The third-order valence-corrected chi connectivity index (χ3v) is 4.71. The second kappa shape index (κ2) is 6.65. The SMILES string of the molecule is CNC(=O)C1c2ccccc2C(=O)N1CC(C)c1ccc(Cl)cc1. The second-order valence-corrected chi connectivity index (χ2v) is 6.45. The summed E-state index contributed by atoms with van der Waals surface area (Å²) in [5.74, 6) is -0.177. The highest BCUT2D eigenvalue weighted by atomic mass is 35.5. The van der Waals surface area contributed by atoms with Crippen LogP contribution >= 0.6 is 11.6 Å². The first-order valence-electron chi connectivity index (χ1n) is 7.90. The molecule has 0 saturated carbocycles. The smallest absolute Gasteiger partial charge is 0.255 e. The van der Waals surface area contributed by atoms with Gasteiger partial charge >= 0.3 is 0 Å². The van der Waals surface area contributed by atoms with Crippen molar-refractivity contribution in [3.8, 4) is 0 Å². The third kappa shape index (κ3) is 2.89. The van der Waals surface area contributed by atoms with Crippen LogP contribution in [-0.4, -0.2) is 30.3 Å². The van der Waals surface area contributed by atoms with Crippen molar-refractivity contribution in [2.24, 2.45) is 0 Å². The van der Waals surface area contributed by atoms with Gasteiger partial charge in [0.05, 0.1) is 0 Å². The lowest BCUT2D eigenvalue weighted by Gasteiger charge is -2.27. The molecule has 124 valence electrons. The number of halogens is 1. The molecule has 0 fully saturated rings. The quantitative estimate of drug-likeness (QED) is 0.926. The summed E-state index contributed by atoms with van der Waals surface area (Å²) in [4.78, 5) is 26.8. The molecule has 2 amide bonds. The van der Waals surface area contributed by atoms with E-state index in [0.29, 0.717) is 17.1 Å². The normalized spacial score (nSPS) is 17.5. The first-order valence-corrected chi connectivity index (χ1v) is 8.27. The van der Waals surface area contributed by atoms with Crippen LogP contribution in [0.15, 0.2) is 48.5 Å². The Morgan fingerprint density at radius 1 is 1.21 bits per heavy atom.